The molecule has 2 unspecified atom stereocenters. The fourth-order valence-corrected chi connectivity index (χ4v) is 1.70. The van der Waals surface area contributed by atoms with E-state index in [1.165, 1.54) is 24.8 Å². The fourth-order valence-electron chi connectivity index (χ4n) is 1.70. The van der Waals surface area contributed by atoms with E-state index in [0.29, 0.717) is 12.1 Å². The summed E-state index contributed by atoms with van der Waals surface area (Å²) >= 11 is 0. The second-order valence-electron chi connectivity index (χ2n) is 3.81. The highest BCUT2D eigenvalue weighted by atomic mass is 15.1. The molecular weight excluding hydrogens is 174 g/mol. The third-order valence-electron chi connectivity index (χ3n) is 2.64. The van der Waals surface area contributed by atoms with E-state index in [9.17, 15) is 0 Å². The van der Waals surface area contributed by atoms with Crippen LogP contribution in [-0.2, 0) is 0 Å². The van der Waals surface area contributed by atoms with Crippen LogP contribution in [0, 0.1) is 0 Å². The molecule has 1 aromatic rings. The summed E-state index contributed by atoms with van der Waals surface area (Å²) in [4.78, 5) is 0. The van der Waals surface area contributed by atoms with Gasteiger partial charge >= 0.3 is 0 Å². The van der Waals surface area contributed by atoms with Crippen molar-refractivity contribution in [2.75, 3.05) is 0 Å². The molecule has 2 atom stereocenters. The van der Waals surface area contributed by atoms with Gasteiger partial charge in [-0.1, -0.05) is 20.3 Å². The topological polar surface area (TPSA) is 40.7 Å². The summed E-state index contributed by atoms with van der Waals surface area (Å²) in [6.07, 6.45) is 7.52. The lowest BCUT2D eigenvalue weighted by atomic mass is 10.1. The molecular formula is C11H21N3. The van der Waals surface area contributed by atoms with Crippen molar-refractivity contribution in [2.45, 2.75) is 52.1 Å². The normalized spacial score (nSPS) is 15.4. The van der Waals surface area contributed by atoms with Gasteiger partial charge in [-0.2, -0.15) is 5.10 Å². The van der Waals surface area contributed by atoms with Gasteiger partial charge in [-0.05, 0) is 19.8 Å². The maximum atomic E-state index is 3.96. The molecule has 0 aliphatic heterocycles. The Morgan fingerprint density at radius 2 is 2.29 bits per heavy atom. The Balaban J connectivity index is 2.42. The summed E-state index contributed by atoms with van der Waals surface area (Å²) in [5.74, 6) is 0. The second kappa shape index (κ2) is 5.81. The van der Waals surface area contributed by atoms with Crippen molar-refractivity contribution in [3.8, 4) is 0 Å². The number of aromatic nitrogens is 2. The third kappa shape index (κ3) is 3.14. The second-order valence-corrected chi connectivity index (χ2v) is 3.81. The Hall–Kier alpha value is -0.830. The van der Waals surface area contributed by atoms with Crippen LogP contribution in [0.15, 0.2) is 12.4 Å². The monoisotopic (exact) mass is 195 g/mol. The zero-order valence-corrected chi connectivity index (χ0v) is 9.38. The van der Waals surface area contributed by atoms with Crippen LogP contribution in [0.2, 0.25) is 0 Å². The van der Waals surface area contributed by atoms with Gasteiger partial charge in [0.15, 0.2) is 0 Å². The standard InChI is InChI=1S/C11H21N3/c1-4-6-11(5-2)14-9(3)10-7-12-13-8-10/h7-9,11,14H,4-6H2,1-3H3,(H,12,13). The van der Waals surface area contributed by atoms with Gasteiger partial charge in [0.05, 0.1) is 6.20 Å². The highest BCUT2D eigenvalue weighted by molar-refractivity contribution is 5.08. The van der Waals surface area contributed by atoms with Crippen molar-refractivity contribution in [1.82, 2.24) is 15.5 Å². The first-order chi connectivity index (χ1) is 6.77. The van der Waals surface area contributed by atoms with E-state index in [4.69, 9.17) is 0 Å². The van der Waals surface area contributed by atoms with Crippen LogP contribution in [-0.4, -0.2) is 16.2 Å². The molecule has 2 N–H and O–H groups in total. The van der Waals surface area contributed by atoms with E-state index in [0.717, 1.165) is 0 Å². The quantitative estimate of drug-likeness (QED) is 0.732. The number of hydrogen-bond acceptors (Lipinski definition) is 2. The average Bonchev–Trinajstić information content (AvgIpc) is 2.69. The van der Waals surface area contributed by atoms with E-state index in [-0.39, 0.29) is 0 Å². The molecule has 3 nitrogen and oxygen atoms in total. The first-order valence-electron chi connectivity index (χ1n) is 5.52. The van der Waals surface area contributed by atoms with Crippen molar-refractivity contribution in [3.05, 3.63) is 18.0 Å². The van der Waals surface area contributed by atoms with E-state index >= 15 is 0 Å². The first-order valence-corrected chi connectivity index (χ1v) is 5.52. The lowest BCUT2D eigenvalue weighted by Gasteiger charge is -2.20. The van der Waals surface area contributed by atoms with Crippen molar-refractivity contribution in [3.63, 3.8) is 0 Å². The van der Waals surface area contributed by atoms with Gasteiger partial charge in [-0.3, -0.25) is 5.10 Å². The van der Waals surface area contributed by atoms with E-state index in [2.05, 4.69) is 36.3 Å². The Morgan fingerprint density at radius 1 is 1.50 bits per heavy atom. The molecule has 80 valence electrons. The van der Waals surface area contributed by atoms with Gasteiger partial charge in [0.1, 0.15) is 0 Å². The summed E-state index contributed by atoms with van der Waals surface area (Å²) in [5, 5.41) is 10.4. The molecule has 0 spiro atoms. The number of nitrogens with one attached hydrogen (secondary N) is 2. The number of aromatic amines is 1. The molecule has 1 aromatic heterocycles. The largest absolute Gasteiger partial charge is 0.307 e. The maximum Gasteiger partial charge on any atom is 0.0534 e. The van der Waals surface area contributed by atoms with E-state index in [1.54, 1.807) is 0 Å². The molecule has 0 radical (unpaired) electrons. The van der Waals surface area contributed by atoms with Crippen LogP contribution in [0.3, 0.4) is 0 Å². The fraction of sp³-hybridized carbons (Fsp3) is 0.727. The molecule has 14 heavy (non-hydrogen) atoms. The molecule has 0 amide bonds. The SMILES string of the molecule is CCCC(CC)NC(C)c1cn[nH]c1. The molecule has 0 saturated carbocycles. The van der Waals surface area contributed by atoms with Crippen molar-refractivity contribution in [2.24, 2.45) is 0 Å². The van der Waals surface area contributed by atoms with Crippen molar-refractivity contribution in [1.29, 1.82) is 0 Å². The summed E-state index contributed by atoms with van der Waals surface area (Å²) in [7, 11) is 0. The zero-order valence-electron chi connectivity index (χ0n) is 9.38. The van der Waals surface area contributed by atoms with E-state index < -0.39 is 0 Å². The lowest BCUT2D eigenvalue weighted by Crippen LogP contribution is -2.30. The minimum Gasteiger partial charge on any atom is -0.307 e. The molecule has 0 saturated heterocycles. The molecule has 0 bridgehead atoms. The van der Waals surface area contributed by atoms with Gasteiger partial charge in [0.2, 0.25) is 0 Å². The minimum atomic E-state index is 0.394. The van der Waals surface area contributed by atoms with Crippen molar-refractivity contribution >= 4 is 0 Å². The summed E-state index contributed by atoms with van der Waals surface area (Å²) in [6, 6.07) is 1.02. The Bertz CT molecular complexity index is 231. The number of H-pyrrole nitrogens is 1. The predicted octanol–water partition coefficient (Wildman–Crippen LogP) is 2.64. The highest BCUT2D eigenvalue weighted by Crippen LogP contribution is 2.13. The van der Waals surface area contributed by atoms with Crippen LogP contribution >= 0.6 is 0 Å². The number of hydrogen-bond donors (Lipinski definition) is 2. The van der Waals surface area contributed by atoms with E-state index in [1.807, 2.05) is 12.4 Å². The van der Waals surface area contributed by atoms with Crippen LogP contribution in [0.4, 0.5) is 0 Å². The van der Waals surface area contributed by atoms with Gasteiger partial charge in [0, 0.05) is 23.8 Å². The minimum absolute atomic E-state index is 0.394. The van der Waals surface area contributed by atoms with Crippen LogP contribution in [0.5, 0.6) is 0 Å². The Labute approximate surface area is 86.3 Å². The number of rotatable bonds is 6. The lowest BCUT2D eigenvalue weighted by molar-refractivity contribution is 0.417. The summed E-state index contributed by atoms with van der Waals surface area (Å²) < 4.78 is 0. The summed E-state index contributed by atoms with van der Waals surface area (Å²) in [5.41, 5.74) is 1.24. The Morgan fingerprint density at radius 3 is 2.79 bits per heavy atom. The van der Waals surface area contributed by atoms with Crippen LogP contribution < -0.4 is 5.32 Å². The molecule has 0 fully saturated rings. The first kappa shape index (κ1) is 11.2. The van der Waals surface area contributed by atoms with Gasteiger partial charge in [-0.25, -0.2) is 0 Å². The predicted molar refractivity (Wildman–Crippen MR) is 59.1 cm³/mol. The average molecular weight is 195 g/mol. The molecule has 1 heterocycles. The molecule has 1 rings (SSSR count). The summed E-state index contributed by atoms with van der Waals surface area (Å²) in [6.45, 7) is 6.64. The third-order valence-corrected chi connectivity index (χ3v) is 2.64. The molecule has 0 aliphatic carbocycles. The van der Waals surface area contributed by atoms with Crippen LogP contribution in [0.25, 0.3) is 0 Å². The van der Waals surface area contributed by atoms with Crippen LogP contribution in [0.1, 0.15) is 51.6 Å². The van der Waals surface area contributed by atoms with Gasteiger partial charge < -0.3 is 5.32 Å². The number of nitrogens with zero attached hydrogens (tertiary/aromatic N) is 1. The smallest absolute Gasteiger partial charge is 0.0534 e. The highest BCUT2D eigenvalue weighted by Gasteiger charge is 2.11. The van der Waals surface area contributed by atoms with Gasteiger partial charge in [-0.15, -0.1) is 0 Å². The Kier molecular flexibility index (Phi) is 4.66. The molecule has 0 aromatic carbocycles. The maximum absolute atomic E-state index is 3.96. The molecule has 0 aliphatic rings. The van der Waals surface area contributed by atoms with Crippen molar-refractivity contribution < 1.29 is 0 Å². The molecule has 3 heteroatoms. The zero-order chi connectivity index (χ0) is 10.4. The van der Waals surface area contributed by atoms with Gasteiger partial charge in [0.25, 0.3) is 0 Å².